The maximum atomic E-state index is 12.2. The SMILES string of the molecule is CC(OC(=O)c1cccc2ocnc12)C(=O)Nc1ccccn1. The number of aromatic nitrogens is 2. The third-order valence-corrected chi connectivity index (χ3v) is 3.15. The van der Waals surface area contributed by atoms with Gasteiger partial charge in [0.25, 0.3) is 5.91 Å². The standard InChI is InChI=1S/C16H13N3O4/c1-10(15(20)19-13-7-2-3-8-17-13)23-16(21)11-5-4-6-12-14(11)18-9-22-12/h2-10H,1H3,(H,17,19,20). The number of carbonyl (C=O) groups is 2. The highest BCUT2D eigenvalue weighted by Gasteiger charge is 2.21. The number of anilines is 1. The maximum Gasteiger partial charge on any atom is 0.341 e. The molecule has 2 heterocycles. The van der Waals surface area contributed by atoms with Gasteiger partial charge in [0.2, 0.25) is 0 Å². The molecule has 0 fully saturated rings. The van der Waals surface area contributed by atoms with E-state index >= 15 is 0 Å². The average Bonchev–Trinajstić information content (AvgIpc) is 3.04. The molecule has 1 N–H and O–H groups in total. The van der Waals surface area contributed by atoms with E-state index in [1.54, 1.807) is 42.6 Å². The fourth-order valence-electron chi connectivity index (χ4n) is 1.99. The van der Waals surface area contributed by atoms with Gasteiger partial charge < -0.3 is 14.5 Å². The molecular weight excluding hydrogens is 298 g/mol. The summed E-state index contributed by atoms with van der Waals surface area (Å²) in [6.07, 6.45) is 1.82. The van der Waals surface area contributed by atoms with Crippen molar-refractivity contribution in [3.8, 4) is 0 Å². The summed E-state index contributed by atoms with van der Waals surface area (Å²) in [6.45, 7) is 1.49. The Morgan fingerprint density at radius 3 is 2.83 bits per heavy atom. The van der Waals surface area contributed by atoms with Gasteiger partial charge in [0.15, 0.2) is 18.1 Å². The molecule has 1 aromatic carbocycles. The van der Waals surface area contributed by atoms with Gasteiger partial charge in [-0.15, -0.1) is 0 Å². The van der Waals surface area contributed by atoms with Crippen molar-refractivity contribution in [2.24, 2.45) is 0 Å². The van der Waals surface area contributed by atoms with E-state index in [2.05, 4.69) is 15.3 Å². The maximum absolute atomic E-state index is 12.2. The van der Waals surface area contributed by atoms with Crippen LogP contribution in [0.2, 0.25) is 0 Å². The van der Waals surface area contributed by atoms with E-state index in [1.165, 1.54) is 13.3 Å². The summed E-state index contributed by atoms with van der Waals surface area (Å²) in [5.74, 6) is -0.725. The number of nitrogens with one attached hydrogen (secondary N) is 1. The van der Waals surface area contributed by atoms with Crippen LogP contribution in [0.3, 0.4) is 0 Å². The molecule has 0 saturated heterocycles. The number of hydrogen-bond donors (Lipinski definition) is 1. The van der Waals surface area contributed by atoms with Gasteiger partial charge in [-0.25, -0.2) is 14.8 Å². The summed E-state index contributed by atoms with van der Waals surface area (Å²) >= 11 is 0. The third-order valence-electron chi connectivity index (χ3n) is 3.15. The lowest BCUT2D eigenvalue weighted by Crippen LogP contribution is -2.30. The van der Waals surface area contributed by atoms with Crippen molar-refractivity contribution in [2.45, 2.75) is 13.0 Å². The largest absolute Gasteiger partial charge is 0.449 e. The van der Waals surface area contributed by atoms with Crippen LogP contribution in [0.5, 0.6) is 0 Å². The lowest BCUT2D eigenvalue weighted by Gasteiger charge is -2.13. The molecular formula is C16H13N3O4. The Morgan fingerprint density at radius 2 is 2.04 bits per heavy atom. The highest BCUT2D eigenvalue weighted by Crippen LogP contribution is 2.18. The molecule has 0 spiro atoms. The minimum Gasteiger partial charge on any atom is -0.449 e. The second kappa shape index (κ2) is 6.27. The number of hydrogen-bond acceptors (Lipinski definition) is 6. The first-order valence-corrected chi connectivity index (χ1v) is 6.90. The first-order chi connectivity index (χ1) is 11.1. The zero-order valence-corrected chi connectivity index (χ0v) is 12.2. The Kier molecular flexibility index (Phi) is 4.01. The third kappa shape index (κ3) is 3.18. The van der Waals surface area contributed by atoms with Crippen LogP contribution in [0.15, 0.2) is 53.4 Å². The summed E-state index contributed by atoms with van der Waals surface area (Å²) in [5, 5.41) is 2.57. The molecule has 1 amide bonds. The number of ether oxygens (including phenoxy) is 1. The molecule has 0 aliphatic carbocycles. The summed E-state index contributed by atoms with van der Waals surface area (Å²) in [6, 6.07) is 10.0. The minimum absolute atomic E-state index is 0.244. The molecule has 23 heavy (non-hydrogen) atoms. The van der Waals surface area contributed by atoms with Crippen molar-refractivity contribution in [3.05, 3.63) is 54.6 Å². The van der Waals surface area contributed by atoms with Crippen LogP contribution >= 0.6 is 0 Å². The smallest absolute Gasteiger partial charge is 0.341 e. The van der Waals surface area contributed by atoms with Gasteiger partial charge in [-0.2, -0.15) is 0 Å². The number of para-hydroxylation sites is 1. The lowest BCUT2D eigenvalue weighted by molar-refractivity contribution is -0.123. The summed E-state index contributed by atoms with van der Waals surface area (Å²) in [4.78, 5) is 32.2. The molecule has 1 unspecified atom stereocenters. The molecule has 1 atom stereocenters. The van der Waals surface area contributed by atoms with Crippen molar-refractivity contribution in [1.82, 2.24) is 9.97 Å². The van der Waals surface area contributed by atoms with Crippen molar-refractivity contribution >= 4 is 28.8 Å². The van der Waals surface area contributed by atoms with Crippen molar-refractivity contribution in [1.29, 1.82) is 0 Å². The van der Waals surface area contributed by atoms with Crippen molar-refractivity contribution in [2.75, 3.05) is 5.32 Å². The Balaban J connectivity index is 1.70. The number of nitrogens with zero attached hydrogens (tertiary/aromatic N) is 2. The van der Waals surface area contributed by atoms with Crippen LogP contribution in [0.4, 0.5) is 5.82 Å². The monoisotopic (exact) mass is 311 g/mol. The zero-order chi connectivity index (χ0) is 16.2. The molecule has 0 aliphatic heterocycles. The van der Waals surface area contributed by atoms with Crippen molar-refractivity contribution < 1.29 is 18.7 Å². The molecule has 3 aromatic rings. The van der Waals surface area contributed by atoms with Crippen molar-refractivity contribution in [3.63, 3.8) is 0 Å². The number of oxazole rings is 1. The van der Waals surface area contributed by atoms with Crippen LogP contribution in [-0.4, -0.2) is 27.9 Å². The van der Waals surface area contributed by atoms with Gasteiger partial charge in [-0.05, 0) is 31.2 Å². The second-order valence-corrected chi connectivity index (χ2v) is 4.76. The van der Waals surface area contributed by atoms with Crippen LogP contribution in [-0.2, 0) is 9.53 Å². The van der Waals surface area contributed by atoms with E-state index in [9.17, 15) is 9.59 Å². The quantitative estimate of drug-likeness (QED) is 0.744. The topological polar surface area (TPSA) is 94.3 Å². The van der Waals surface area contributed by atoms with E-state index in [0.717, 1.165) is 0 Å². The highest BCUT2D eigenvalue weighted by atomic mass is 16.5. The molecule has 7 heteroatoms. The van der Waals surface area contributed by atoms with Crippen LogP contribution in [0.1, 0.15) is 17.3 Å². The first-order valence-electron chi connectivity index (χ1n) is 6.90. The van der Waals surface area contributed by atoms with Gasteiger partial charge in [-0.1, -0.05) is 12.1 Å². The predicted molar refractivity (Wildman–Crippen MR) is 81.8 cm³/mol. The Bertz CT molecular complexity index is 845. The van der Waals surface area contributed by atoms with Crippen LogP contribution in [0.25, 0.3) is 11.1 Å². The summed E-state index contributed by atoms with van der Waals surface area (Å²) in [5.41, 5.74) is 1.12. The van der Waals surface area contributed by atoms with Gasteiger partial charge in [0.1, 0.15) is 11.3 Å². The van der Waals surface area contributed by atoms with Crippen LogP contribution in [0, 0.1) is 0 Å². The Morgan fingerprint density at radius 1 is 1.17 bits per heavy atom. The van der Waals surface area contributed by atoms with Gasteiger partial charge in [-0.3, -0.25) is 4.79 Å². The minimum atomic E-state index is -0.980. The summed E-state index contributed by atoms with van der Waals surface area (Å²) < 4.78 is 10.3. The van der Waals surface area contributed by atoms with E-state index < -0.39 is 18.0 Å². The molecule has 0 aliphatic rings. The number of carbonyl (C=O) groups excluding carboxylic acids is 2. The highest BCUT2D eigenvalue weighted by molar-refractivity contribution is 6.03. The lowest BCUT2D eigenvalue weighted by atomic mass is 10.2. The van der Waals surface area contributed by atoms with E-state index in [-0.39, 0.29) is 5.56 Å². The Labute approximate surface area is 131 Å². The average molecular weight is 311 g/mol. The molecule has 7 nitrogen and oxygen atoms in total. The zero-order valence-electron chi connectivity index (χ0n) is 12.2. The van der Waals surface area contributed by atoms with E-state index in [1.807, 2.05) is 0 Å². The summed E-state index contributed by atoms with van der Waals surface area (Å²) in [7, 11) is 0. The number of amides is 1. The van der Waals surface area contributed by atoms with Gasteiger partial charge in [0.05, 0.1) is 5.56 Å². The fourth-order valence-corrected chi connectivity index (χ4v) is 1.99. The van der Waals surface area contributed by atoms with E-state index in [0.29, 0.717) is 16.9 Å². The second-order valence-electron chi connectivity index (χ2n) is 4.76. The van der Waals surface area contributed by atoms with Gasteiger partial charge in [0, 0.05) is 6.20 Å². The van der Waals surface area contributed by atoms with E-state index in [4.69, 9.17) is 9.15 Å². The normalized spacial score (nSPS) is 11.9. The number of fused-ring (bicyclic) bond motifs is 1. The first kappa shape index (κ1) is 14.7. The molecule has 0 bridgehead atoms. The Hall–Kier alpha value is -3.22. The fraction of sp³-hybridized carbons (Fsp3) is 0.125. The predicted octanol–water partition coefficient (Wildman–Crippen LogP) is 2.41. The van der Waals surface area contributed by atoms with Gasteiger partial charge >= 0.3 is 5.97 Å². The molecule has 2 aromatic heterocycles. The molecule has 3 rings (SSSR count). The number of esters is 1. The number of benzene rings is 1. The number of rotatable bonds is 4. The molecule has 116 valence electrons. The van der Waals surface area contributed by atoms with Crippen LogP contribution < -0.4 is 5.32 Å². The number of pyridine rings is 1. The molecule has 0 saturated carbocycles. The molecule has 0 radical (unpaired) electrons.